The molecule has 0 bridgehead atoms. The second kappa shape index (κ2) is 6.26. The average molecular weight is 304 g/mol. The summed E-state index contributed by atoms with van der Waals surface area (Å²) in [6.45, 7) is 4.76. The number of carbonyl (C=O) groups excluding carboxylic acids is 1. The fourth-order valence-electron chi connectivity index (χ4n) is 1.71. The number of allylic oxidation sites excluding steroid dienone is 1. The highest BCUT2D eigenvalue weighted by molar-refractivity contribution is 6.08. The maximum atomic E-state index is 12.2. The Morgan fingerprint density at radius 2 is 2.00 bits per heavy atom. The monoisotopic (exact) mass is 304 g/mol. The van der Waals surface area contributed by atoms with Crippen LogP contribution in [0.3, 0.4) is 0 Å². The number of rotatable bonds is 4. The first-order valence-corrected chi connectivity index (χ1v) is 6.34. The van der Waals surface area contributed by atoms with Crippen LogP contribution >= 0.6 is 0 Å². The van der Waals surface area contributed by atoms with Gasteiger partial charge in [0.2, 0.25) is 0 Å². The SMILES string of the molecule is COc1ccc(C(O)=C(C#N)C(=O)C(C)(C)C)c([N+](=O)[O-])c1. The number of hydrogen-bond acceptors (Lipinski definition) is 6. The second-order valence-electron chi connectivity index (χ2n) is 5.55. The van der Waals surface area contributed by atoms with Crippen LogP contribution in [0.5, 0.6) is 5.75 Å². The number of aliphatic hydroxyl groups is 1. The van der Waals surface area contributed by atoms with Gasteiger partial charge in [0.15, 0.2) is 11.5 Å². The molecule has 1 aromatic carbocycles. The Morgan fingerprint density at radius 3 is 2.41 bits per heavy atom. The lowest BCUT2D eigenvalue weighted by Gasteiger charge is -2.16. The molecular weight excluding hydrogens is 288 g/mol. The van der Waals surface area contributed by atoms with Crippen LogP contribution in [-0.4, -0.2) is 22.9 Å². The van der Waals surface area contributed by atoms with Gasteiger partial charge in [0.25, 0.3) is 5.69 Å². The first kappa shape index (κ1) is 17.2. The fourth-order valence-corrected chi connectivity index (χ4v) is 1.71. The van der Waals surface area contributed by atoms with Gasteiger partial charge in [0.05, 0.1) is 23.7 Å². The quantitative estimate of drug-likeness (QED) is 0.301. The van der Waals surface area contributed by atoms with E-state index in [-0.39, 0.29) is 11.3 Å². The molecule has 7 heteroatoms. The van der Waals surface area contributed by atoms with Crippen molar-refractivity contribution in [3.8, 4) is 11.8 Å². The molecule has 0 saturated heterocycles. The Labute approximate surface area is 127 Å². The predicted molar refractivity (Wildman–Crippen MR) is 79.3 cm³/mol. The number of ether oxygens (including phenoxy) is 1. The summed E-state index contributed by atoms with van der Waals surface area (Å²) in [6, 6.07) is 5.37. The van der Waals surface area contributed by atoms with Gasteiger partial charge in [-0.2, -0.15) is 5.26 Å². The lowest BCUT2D eigenvalue weighted by Crippen LogP contribution is -2.22. The molecule has 22 heavy (non-hydrogen) atoms. The third-order valence-electron chi connectivity index (χ3n) is 2.91. The number of nitro benzene ring substituents is 1. The number of aliphatic hydroxyl groups excluding tert-OH is 1. The van der Waals surface area contributed by atoms with Crippen LogP contribution in [0.1, 0.15) is 26.3 Å². The number of ketones is 1. The summed E-state index contributed by atoms with van der Waals surface area (Å²) in [7, 11) is 1.35. The predicted octanol–water partition coefficient (Wildman–Crippen LogP) is 3.01. The summed E-state index contributed by atoms with van der Waals surface area (Å²) in [5.41, 5.74) is -2.08. The normalized spacial score (nSPS) is 12.1. The highest BCUT2D eigenvalue weighted by Crippen LogP contribution is 2.32. The molecule has 0 spiro atoms. The molecule has 0 radical (unpaired) electrons. The van der Waals surface area contributed by atoms with E-state index in [9.17, 15) is 20.0 Å². The average Bonchev–Trinajstić information content (AvgIpc) is 2.45. The summed E-state index contributed by atoms with van der Waals surface area (Å²) < 4.78 is 4.89. The van der Waals surface area contributed by atoms with Crippen molar-refractivity contribution in [3.63, 3.8) is 0 Å². The third kappa shape index (κ3) is 3.41. The van der Waals surface area contributed by atoms with E-state index in [1.54, 1.807) is 26.8 Å². The van der Waals surface area contributed by atoms with Crippen molar-refractivity contribution in [1.29, 1.82) is 5.26 Å². The molecule has 0 amide bonds. The van der Waals surface area contributed by atoms with Crippen molar-refractivity contribution < 1.29 is 19.6 Å². The molecule has 1 aromatic rings. The van der Waals surface area contributed by atoms with Gasteiger partial charge in [-0.25, -0.2) is 0 Å². The van der Waals surface area contributed by atoms with E-state index in [0.717, 1.165) is 6.07 Å². The van der Waals surface area contributed by atoms with Crippen molar-refractivity contribution >= 4 is 17.2 Å². The van der Waals surface area contributed by atoms with Crippen LogP contribution in [0.15, 0.2) is 23.8 Å². The van der Waals surface area contributed by atoms with E-state index in [1.807, 2.05) is 0 Å². The summed E-state index contributed by atoms with van der Waals surface area (Å²) in [5.74, 6) is -1.08. The molecule has 1 rings (SSSR count). The minimum absolute atomic E-state index is 0.208. The first-order chi connectivity index (χ1) is 10.1. The summed E-state index contributed by atoms with van der Waals surface area (Å²) >= 11 is 0. The van der Waals surface area contributed by atoms with Gasteiger partial charge in [-0.15, -0.1) is 0 Å². The number of carbonyl (C=O) groups is 1. The highest BCUT2D eigenvalue weighted by Gasteiger charge is 2.30. The van der Waals surface area contributed by atoms with E-state index < -0.39 is 33.1 Å². The zero-order valence-corrected chi connectivity index (χ0v) is 12.7. The van der Waals surface area contributed by atoms with Gasteiger partial charge in [0, 0.05) is 5.41 Å². The highest BCUT2D eigenvalue weighted by atomic mass is 16.6. The van der Waals surface area contributed by atoms with Gasteiger partial charge in [-0.05, 0) is 12.1 Å². The van der Waals surface area contributed by atoms with Crippen LogP contribution in [0, 0.1) is 26.9 Å². The Balaban J connectivity index is 3.59. The molecule has 0 aromatic heterocycles. The van der Waals surface area contributed by atoms with Gasteiger partial charge in [-0.3, -0.25) is 14.9 Å². The molecule has 0 fully saturated rings. The van der Waals surface area contributed by atoms with E-state index in [4.69, 9.17) is 10.00 Å². The van der Waals surface area contributed by atoms with Crippen LogP contribution in [-0.2, 0) is 4.79 Å². The molecule has 116 valence electrons. The fraction of sp³-hybridized carbons (Fsp3) is 0.333. The maximum Gasteiger partial charge on any atom is 0.284 e. The van der Waals surface area contributed by atoms with Crippen molar-refractivity contribution in [2.45, 2.75) is 20.8 Å². The number of nitrogens with zero attached hydrogens (tertiary/aromatic N) is 2. The van der Waals surface area contributed by atoms with E-state index in [2.05, 4.69) is 0 Å². The third-order valence-corrected chi connectivity index (χ3v) is 2.91. The van der Waals surface area contributed by atoms with E-state index in [0.29, 0.717) is 0 Å². The zero-order chi connectivity index (χ0) is 17.1. The maximum absolute atomic E-state index is 12.2. The van der Waals surface area contributed by atoms with Crippen LogP contribution < -0.4 is 4.74 Å². The van der Waals surface area contributed by atoms with Crippen LogP contribution in [0.4, 0.5) is 5.69 Å². The van der Waals surface area contributed by atoms with E-state index in [1.165, 1.54) is 19.2 Å². The minimum atomic E-state index is -0.902. The molecule has 0 aliphatic heterocycles. The van der Waals surface area contributed by atoms with Gasteiger partial charge in [-0.1, -0.05) is 20.8 Å². The molecule has 0 heterocycles. The first-order valence-electron chi connectivity index (χ1n) is 6.34. The molecule has 7 nitrogen and oxygen atoms in total. The van der Waals surface area contributed by atoms with E-state index >= 15 is 0 Å². The molecule has 0 saturated carbocycles. The molecule has 1 N–H and O–H groups in total. The van der Waals surface area contributed by atoms with Crippen LogP contribution in [0.25, 0.3) is 5.76 Å². The number of nitro groups is 1. The van der Waals surface area contributed by atoms with Crippen molar-refractivity contribution in [2.75, 3.05) is 7.11 Å². The van der Waals surface area contributed by atoms with Crippen molar-refractivity contribution in [1.82, 2.24) is 0 Å². The number of benzene rings is 1. The van der Waals surface area contributed by atoms with Gasteiger partial charge < -0.3 is 9.84 Å². The molecule has 0 aliphatic rings. The number of nitriles is 1. The topological polar surface area (TPSA) is 113 Å². The van der Waals surface area contributed by atoms with Crippen LogP contribution in [0.2, 0.25) is 0 Å². The Kier molecular flexibility index (Phi) is 4.89. The second-order valence-corrected chi connectivity index (χ2v) is 5.55. The summed E-state index contributed by atoms with van der Waals surface area (Å²) in [6.07, 6.45) is 0. The van der Waals surface area contributed by atoms with Crippen molar-refractivity contribution in [2.24, 2.45) is 5.41 Å². The standard InChI is InChI=1S/C15H16N2O5/c1-15(2,3)14(19)11(8-16)13(18)10-6-5-9(22-4)7-12(10)17(20)21/h5-7,18H,1-4H3. The number of Topliss-reactive ketones (excluding diaryl/α,β-unsaturated/α-hetero) is 1. The summed E-state index contributed by atoms with van der Waals surface area (Å²) in [4.78, 5) is 22.6. The molecule has 0 unspecified atom stereocenters. The Bertz CT molecular complexity index is 693. The Hall–Kier alpha value is -2.88. The largest absolute Gasteiger partial charge is 0.506 e. The molecule has 0 atom stereocenters. The lowest BCUT2D eigenvalue weighted by atomic mass is 9.85. The smallest absolute Gasteiger partial charge is 0.284 e. The number of methoxy groups -OCH3 is 1. The van der Waals surface area contributed by atoms with Gasteiger partial charge in [0.1, 0.15) is 17.4 Å². The molecular formula is C15H16N2O5. The summed E-state index contributed by atoms with van der Waals surface area (Å²) in [5, 5.41) is 30.5. The lowest BCUT2D eigenvalue weighted by molar-refractivity contribution is -0.385. The Morgan fingerprint density at radius 1 is 1.41 bits per heavy atom. The number of hydrogen-bond donors (Lipinski definition) is 1. The molecule has 0 aliphatic carbocycles. The van der Waals surface area contributed by atoms with Gasteiger partial charge >= 0.3 is 0 Å². The zero-order valence-electron chi connectivity index (χ0n) is 12.7. The minimum Gasteiger partial charge on any atom is -0.506 e. The van der Waals surface area contributed by atoms with Crippen molar-refractivity contribution in [3.05, 3.63) is 39.4 Å².